The van der Waals surface area contributed by atoms with E-state index in [9.17, 15) is 4.79 Å². The van der Waals surface area contributed by atoms with Crippen molar-refractivity contribution in [2.45, 2.75) is 6.61 Å². The van der Waals surface area contributed by atoms with Crippen molar-refractivity contribution < 1.29 is 14.3 Å². The van der Waals surface area contributed by atoms with Gasteiger partial charge in [0, 0.05) is 21.8 Å². The van der Waals surface area contributed by atoms with E-state index in [0.717, 1.165) is 11.1 Å². The van der Waals surface area contributed by atoms with Crippen LogP contribution in [0.1, 0.15) is 11.1 Å². The molecular weight excluding hydrogens is 409 g/mol. The largest absolute Gasteiger partial charge is 0.493 e. The number of halogens is 2. The molecule has 1 N–H and O–H groups in total. The fourth-order valence-corrected chi connectivity index (χ4v) is 2.89. The van der Waals surface area contributed by atoms with E-state index >= 15 is 0 Å². The summed E-state index contributed by atoms with van der Waals surface area (Å²) in [4.78, 5) is 12.1. The molecule has 0 saturated heterocycles. The van der Waals surface area contributed by atoms with Crippen molar-refractivity contribution in [1.29, 1.82) is 0 Å². The van der Waals surface area contributed by atoms with Crippen LogP contribution < -0.4 is 14.8 Å². The van der Waals surface area contributed by atoms with Gasteiger partial charge in [0.1, 0.15) is 6.61 Å². The summed E-state index contributed by atoms with van der Waals surface area (Å²) in [6, 6.07) is 19.9. The molecule has 3 rings (SSSR count). The van der Waals surface area contributed by atoms with Crippen LogP contribution >= 0.6 is 23.2 Å². The Hall–Kier alpha value is -2.95. The second-order valence-corrected chi connectivity index (χ2v) is 7.03. The Labute approximate surface area is 179 Å². The van der Waals surface area contributed by atoms with Gasteiger partial charge >= 0.3 is 0 Å². The van der Waals surface area contributed by atoms with E-state index in [1.807, 2.05) is 36.4 Å². The summed E-state index contributed by atoms with van der Waals surface area (Å²) in [6.07, 6.45) is 3.15. The molecule has 0 radical (unpaired) electrons. The van der Waals surface area contributed by atoms with Crippen LogP contribution in [0.4, 0.5) is 5.69 Å². The molecule has 1 amide bonds. The highest BCUT2D eigenvalue weighted by atomic mass is 35.5. The minimum atomic E-state index is -0.255. The first-order valence-electron chi connectivity index (χ1n) is 8.83. The van der Waals surface area contributed by atoms with Crippen molar-refractivity contribution in [3.8, 4) is 11.5 Å². The van der Waals surface area contributed by atoms with E-state index < -0.39 is 0 Å². The van der Waals surface area contributed by atoms with Crippen molar-refractivity contribution in [2.24, 2.45) is 0 Å². The standard InChI is InChI=1S/C23H19Cl2NO3/c1-28-22-13-16(8-12-23(27)26-20-4-2-3-19(25)14-20)7-11-21(22)29-15-17-5-9-18(24)10-6-17/h2-14H,15H2,1H3,(H,26,27). The van der Waals surface area contributed by atoms with Crippen molar-refractivity contribution in [3.63, 3.8) is 0 Å². The SMILES string of the molecule is COc1cc(C=CC(=O)Nc2cccc(Cl)c2)ccc1OCc1ccc(Cl)cc1. The third kappa shape index (κ3) is 6.28. The first-order chi connectivity index (χ1) is 14.0. The lowest BCUT2D eigenvalue weighted by molar-refractivity contribution is -0.111. The van der Waals surface area contributed by atoms with Crippen LogP contribution in [-0.2, 0) is 11.4 Å². The number of carbonyl (C=O) groups excluding carboxylic acids is 1. The van der Waals surface area contributed by atoms with Crippen LogP contribution in [0.3, 0.4) is 0 Å². The van der Waals surface area contributed by atoms with Crippen LogP contribution in [0.5, 0.6) is 11.5 Å². The number of carbonyl (C=O) groups is 1. The molecule has 0 atom stereocenters. The fourth-order valence-electron chi connectivity index (χ4n) is 2.57. The number of ether oxygens (including phenoxy) is 2. The minimum Gasteiger partial charge on any atom is -0.493 e. The molecule has 3 aromatic carbocycles. The van der Waals surface area contributed by atoms with Gasteiger partial charge in [-0.05, 0) is 59.7 Å². The van der Waals surface area contributed by atoms with E-state index in [0.29, 0.717) is 33.8 Å². The number of benzene rings is 3. The Kier molecular flexibility index (Phi) is 7.17. The Morgan fingerprint density at radius 2 is 1.76 bits per heavy atom. The highest BCUT2D eigenvalue weighted by Gasteiger charge is 2.06. The molecule has 0 saturated carbocycles. The number of rotatable bonds is 7. The maximum atomic E-state index is 12.1. The molecule has 0 unspecified atom stereocenters. The summed E-state index contributed by atoms with van der Waals surface area (Å²) in [5.41, 5.74) is 2.44. The van der Waals surface area contributed by atoms with Crippen LogP contribution in [0.2, 0.25) is 10.0 Å². The lowest BCUT2D eigenvalue weighted by Crippen LogP contribution is -2.07. The van der Waals surface area contributed by atoms with Crippen LogP contribution in [0, 0.1) is 0 Å². The molecular formula is C23H19Cl2NO3. The quantitative estimate of drug-likeness (QED) is 0.454. The van der Waals surface area contributed by atoms with Crippen LogP contribution in [0.25, 0.3) is 6.08 Å². The lowest BCUT2D eigenvalue weighted by atomic mass is 10.2. The fraction of sp³-hybridized carbons (Fsp3) is 0.0870. The second-order valence-electron chi connectivity index (χ2n) is 6.16. The van der Waals surface area contributed by atoms with Gasteiger partial charge in [-0.2, -0.15) is 0 Å². The maximum Gasteiger partial charge on any atom is 0.248 e. The van der Waals surface area contributed by atoms with Crippen molar-refractivity contribution in [3.05, 3.63) is 94.0 Å². The van der Waals surface area contributed by atoms with Gasteiger partial charge in [0.25, 0.3) is 0 Å². The molecule has 0 aliphatic carbocycles. The monoisotopic (exact) mass is 427 g/mol. The van der Waals surface area contributed by atoms with Crippen molar-refractivity contribution in [1.82, 2.24) is 0 Å². The first-order valence-corrected chi connectivity index (χ1v) is 9.59. The summed E-state index contributed by atoms with van der Waals surface area (Å²) in [5.74, 6) is 0.939. The molecule has 0 fully saturated rings. The summed E-state index contributed by atoms with van der Waals surface area (Å²) in [7, 11) is 1.57. The highest BCUT2D eigenvalue weighted by Crippen LogP contribution is 2.29. The number of hydrogen-bond donors (Lipinski definition) is 1. The van der Waals surface area contributed by atoms with E-state index in [1.165, 1.54) is 6.08 Å². The molecule has 0 aliphatic rings. The van der Waals surface area contributed by atoms with Gasteiger partial charge in [-0.25, -0.2) is 0 Å². The Bertz CT molecular complexity index is 1020. The first kappa shape index (κ1) is 20.8. The van der Waals surface area contributed by atoms with Gasteiger partial charge in [-0.15, -0.1) is 0 Å². The third-order valence-corrected chi connectivity index (χ3v) is 4.50. The molecule has 29 heavy (non-hydrogen) atoms. The Morgan fingerprint density at radius 1 is 0.966 bits per heavy atom. The lowest BCUT2D eigenvalue weighted by Gasteiger charge is -2.11. The number of hydrogen-bond acceptors (Lipinski definition) is 3. The summed E-state index contributed by atoms with van der Waals surface area (Å²) in [5, 5.41) is 4.00. The summed E-state index contributed by atoms with van der Waals surface area (Å²) in [6.45, 7) is 0.394. The molecule has 0 aliphatic heterocycles. The predicted octanol–water partition coefficient (Wildman–Crippen LogP) is 6.23. The zero-order valence-electron chi connectivity index (χ0n) is 15.7. The topological polar surface area (TPSA) is 47.6 Å². The predicted molar refractivity (Wildman–Crippen MR) is 118 cm³/mol. The smallest absolute Gasteiger partial charge is 0.248 e. The van der Waals surface area contributed by atoms with Gasteiger partial charge in [-0.1, -0.05) is 47.5 Å². The van der Waals surface area contributed by atoms with Gasteiger partial charge in [0.05, 0.1) is 7.11 Å². The van der Waals surface area contributed by atoms with Gasteiger partial charge in [0.2, 0.25) is 5.91 Å². The summed E-state index contributed by atoms with van der Waals surface area (Å²) < 4.78 is 11.3. The van der Waals surface area contributed by atoms with Gasteiger partial charge in [-0.3, -0.25) is 4.79 Å². The average Bonchev–Trinajstić information content (AvgIpc) is 2.72. The highest BCUT2D eigenvalue weighted by molar-refractivity contribution is 6.31. The second kappa shape index (κ2) is 10.0. The van der Waals surface area contributed by atoms with Crippen molar-refractivity contribution in [2.75, 3.05) is 12.4 Å². The van der Waals surface area contributed by atoms with Crippen LogP contribution in [-0.4, -0.2) is 13.0 Å². The number of nitrogens with one attached hydrogen (secondary N) is 1. The van der Waals surface area contributed by atoms with E-state index in [2.05, 4.69) is 5.32 Å². The average molecular weight is 428 g/mol. The molecule has 3 aromatic rings. The molecule has 4 nitrogen and oxygen atoms in total. The van der Waals surface area contributed by atoms with Crippen molar-refractivity contribution >= 4 is 40.9 Å². The Balaban J connectivity index is 1.63. The number of anilines is 1. The molecule has 0 aromatic heterocycles. The number of methoxy groups -OCH3 is 1. The molecule has 0 spiro atoms. The molecule has 0 bridgehead atoms. The number of amides is 1. The van der Waals surface area contributed by atoms with Gasteiger partial charge in [0.15, 0.2) is 11.5 Å². The third-order valence-electron chi connectivity index (χ3n) is 4.01. The zero-order chi connectivity index (χ0) is 20.6. The molecule has 148 valence electrons. The van der Waals surface area contributed by atoms with E-state index in [4.69, 9.17) is 32.7 Å². The van der Waals surface area contributed by atoms with E-state index in [-0.39, 0.29) is 5.91 Å². The Morgan fingerprint density at radius 3 is 2.48 bits per heavy atom. The zero-order valence-corrected chi connectivity index (χ0v) is 17.2. The normalized spacial score (nSPS) is 10.7. The summed E-state index contributed by atoms with van der Waals surface area (Å²) >= 11 is 11.8. The molecule has 6 heteroatoms. The molecule has 0 heterocycles. The minimum absolute atomic E-state index is 0.255. The maximum absolute atomic E-state index is 12.1. The van der Waals surface area contributed by atoms with Crippen LogP contribution in [0.15, 0.2) is 72.8 Å². The van der Waals surface area contributed by atoms with Gasteiger partial charge < -0.3 is 14.8 Å². The van der Waals surface area contributed by atoms with E-state index in [1.54, 1.807) is 43.5 Å².